The molecular formula is C24H27ClN2O3. The van der Waals surface area contributed by atoms with Crippen molar-refractivity contribution < 1.29 is 14.3 Å². The van der Waals surface area contributed by atoms with Gasteiger partial charge in [-0.25, -0.2) is 0 Å². The summed E-state index contributed by atoms with van der Waals surface area (Å²) >= 11 is 6.15. The van der Waals surface area contributed by atoms with Crippen molar-refractivity contribution >= 4 is 23.4 Å². The van der Waals surface area contributed by atoms with E-state index in [4.69, 9.17) is 16.3 Å². The Morgan fingerprint density at radius 3 is 2.60 bits per heavy atom. The first-order valence-electron chi connectivity index (χ1n) is 10.5. The van der Waals surface area contributed by atoms with E-state index in [1.54, 1.807) is 17.0 Å². The lowest BCUT2D eigenvalue weighted by atomic mass is 9.90. The van der Waals surface area contributed by atoms with E-state index in [0.29, 0.717) is 36.2 Å². The molecule has 0 aromatic heterocycles. The number of halogens is 1. The number of hydrogen-bond donors (Lipinski definition) is 1. The van der Waals surface area contributed by atoms with Crippen LogP contribution in [0.4, 0.5) is 0 Å². The second kappa shape index (κ2) is 8.31. The maximum Gasteiger partial charge on any atom is 0.261 e. The number of likely N-dealkylation sites (tertiary alicyclic amines) is 1. The molecule has 2 aliphatic rings. The zero-order chi connectivity index (χ0) is 21.3. The van der Waals surface area contributed by atoms with Gasteiger partial charge in [0, 0.05) is 18.7 Å². The Labute approximate surface area is 182 Å². The molecule has 0 bridgehead atoms. The molecule has 2 aromatic rings. The van der Waals surface area contributed by atoms with Crippen LogP contribution in [-0.2, 0) is 4.79 Å². The summed E-state index contributed by atoms with van der Waals surface area (Å²) in [6.45, 7) is 4.81. The van der Waals surface area contributed by atoms with E-state index in [1.807, 2.05) is 44.2 Å². The van der Waals surface area contributed by atoms with Crippen LogP contribution in [0.3, 0.4) is 0 Å². The van der Waals surface area contributed by atoms with Crippen molar-refractivity contribution in [3.63, 3.8) is 0 Å². The van der Waals surface area contributed by atoms with Crippen LogP contribution >= 0.6 is 11.6 Å². The van der Waals surface area contributed by atoms with Gasteiger partial charge in [-0.05, 0) is 61.9 Å². The number of nitrogens with one attached hydrogen (secondary N) is 1. The minimum absolute atomic E-state index is 0.0172. The second-order valence-electron chi connectivity index (χ2n) is 8.56. The fourth-order valence-corrected chi connectivity index (χ4v) is 4.12. The van der Waals surface area contributed by atoms with Gasteiger partial charge in [0.1, 0.15) is 5.75 Å². The number of hydrogen-bond acceptors (Lipinski definition) is 3. The van der Waals surface area contributed by atoms with Crippen molar-refractivity contribution in [1.29, 1.82) is 0 Å². The van der Waals surface area contributed by atoms with Crippen LogP contribution < -0.4 is 10.1 Å². The normalized spacial score (nSPS) is 18.3. The number of para-hydroxylation sites is 1. The van der Waals surface area contributed by atoms with Gasteiger partial charge in [0.2, 0.25) is 0 Å². The Hall–Kier alpha value is -2.53. The predicted molar refractivity (Wildman–Crippen MR) is 117 cm³/mol. The molecule has 158 valence electrons. The van der Waals surface area contributed by atoms with Gasteiger partial charge in [0.25, 0.3) is 11.8 Å². The highest BCUT2D eigenvalue weighted by Gasteiger charge is 2.43. The van der Waals surface area contributed by atoms with Crippen molar-refractivity contribution in [2.75, 3.05) is 13.1 Å². The third-order valence-electron chi connectivity index (χ3n) is 5.74. The molecule has 1 atom stereocenters. The average molecular weight is 427 g/mol. The molecule has 1 unspecified atom stereocenters. The summed E-state index contributed by atoms with van der Waals surface area (Å²) in [5.41, 5.74) is 1.51. The molecule has 1 N–H and O–H groups in total. The van der Waals surface area contributed by atoms with E-state index in [0.717, 1.165) is 5.56 Å². The van der Waals surface area contributed by atoms with Crippen LogP contribution in [0, 0.1) is 0 Å². The first kappa shape index (κ1) is 20.7. The van der Waals surface area contributed by atoms with Gasteiger partial charge < -0.3 is 15.0 Å². The SMILES string of the molecule is CCC(Oc1ccccc1Cl)C(=O)NC1(C)CN(C(=O)c2cccc(C3CC3)c2)C1. The van der Waals surface area contributed by atoms with Crippen molar-refractivity contribution in [2.45, 2.75) is 50.7 Å². The number of amides is 2. The Morgan fingerprint density at radius 2 is 1.93 bits per heavy atom. The first-order valence-corrected chi connectivity index (χ1v) is 10.9. The molecule has 5 nitrogen and oxygen atoms in total. The summed E-state index contributed by atoms with van der Waals surface area (Å²) in [7, 11) is 0. The zero-order valence-electron chi connectivity index (χ0n) is 17.4. The van der Waals surface area contributed by atoms with Crippen LogP contribution in [0.25, 0.3) is 0 Å². The van der Waals surface area contributed by atoms with E-state index >= 15 is 0 Å². The van der Waals surface area contributed by atoms with E-state index in [2.05, 4.69) is 11.4 Å². The van der Waals surface area contributed by atoms with Crippen molar-refractivity contribution in [3.8, 4) is 5.75 Å². The monoisotopic (exact) mass is 426 g/mol. The number of ether oxygens (including phenoxy) is 1. The number of carbonyl (C=O) groups excluding carboxylic acids is 2. The Balaban J connectivity index is 1.34. The lowest BCUT2D eigenvalue weighted by Crippen LogP contribution is -2.70. The third kappa shape index (κ3) is 4.46. The van der Waals surface area contributed by atoms with Gasteiger partial charge in [-0.3, -0.25) is 9.59 Å². The summed E-state index contributed by atoms with van der Waals surface area (Å²) in [6, 6.07) is 15.1. The summed E-state index contributed by atoms with van der Waals surface area (Å²) in [6.07, 6.45) is 2.30. The fourth-order valence-electron chi connectivity index (χ4n) is 3.94. The van der Waals surface area contributed by atoms with Gasteiger partial charge in [0.15, 0.2) is 6.10 Å². The van der Waals surface area contributed by atoms with Crippen LogP contribution in [0.1, 0.15) is 54.9 Å². The average Bonchev–Trinajstić information content (AvgIpc) is 3.56. The lowest BCUT2D eigenvalue weighted by molar-refractivity contribution is -0.131. The van der Waals surface area contributed by atoms with Crippen LogP contribution in [-0.4, -0.2) is 41.4 Å². The molecule has 0 spiro atoms. The Bertz CT molecular complexity index is 951. The van der Waals surface area contributed by atoms with Gasteiger partial charge in [-0.1, -0.05) is 42.8 Å². The summed E-state index contributed by atoms with van der Waals surface area (Å²) < 4.78 is 5.83. The van der Waals surface area contributed by atoms with E-state index in [9.17, 15) is 9.59 Å². The minimum atomic E-state index is -0.637. The van der Waals surface area contributed by atoms with E-state index in [1.165, 1.54) is 18.4 Å². The highest BCUT2D eigenvalue weighted by molar-refractivity contribution is 6.32. The molecular weight excluding hydrogens is 400 g/mol. The quantitative estimate of drug-likeness (QED) is 0.713. The largest absolute Gasteiger partial charge is 0.479 e. The zero-order valence-corrected chi connectivity index (χ0v) is 18.1. The van der Waals surface area contributed by atoms with Gasteiger partial charge >= 0.3 is 0 Å². The molecule has 2 amide bonds. The number of benzene rings is 2. The van der Waals surface area contributed by atoms with Crippen LogP contribution in [0.5, 0.6) is 5.75 Å². The molecule has 1 aliphatic heterocycles. The summed E-state index contributed by atoms with van der Waals surface area (Å²) in [5, 5.41) is 3.53. The molecule has 1 heterocycles. The molecule has 0 radical (unpaired) electrons. The van der Waals surface area contributed by atoms with Crippen molar-refractivity contribution in [3.05, 3.63) is 64.7 Å². The second-order valence-corrected chi connectivity index (χ2v) is 8.96. The van der Waals surface area contributed by atoms with Crippen LogP contribution in [0.2, 0.25) is 5.02 Å². The number of nitrogens with zero attached hydrogens (tertiary/aromatic N) is 1. The van der Waals surface area contributed by atoms with Gasteiger partial charge in [-0.2, -0.15) is 0 Å². The molecule has 1 saturated carbocycles. The van der Waals surface area contributed by atoms with Gasteiger partial charge in [-0.15, -0.1) is 0 Å². The Morgan fingerprint density at radius 1 is 1.20 bits per heavy atom. The minimum Gasteiger partial charge on any atom is -0.479 e. The topological polar surface area (TPSA) is 58.6 Å². The molecule has 2 fully saturated rings. The lowest BCUT2D eigenvalue weighted by Gasteiger charge is -2.48. The highest BCUT2D eigenvalue weighted by Crippen LogP contribution is 2.40. The van der Waals surface area contributed by atoms with E-state index < -0.39 is 11.6 Å². The Kier molecular flexibility index (Phi) is 5.74. The van der Waals surface area contributed by atoms with E-state index in [-0.39, 0.29) is 11.8 Å². The first-order chi connectivity index (χ1) is 14.4. The molecule has 6 heteroatoms. The standard InChI is InChI=1S/C24H27ClN2O3/c1-3-20(30-21-10-5-4-9-19(21)25)22(28)26-24(2)14-27(15-24)23(29)18-8-6-7-17(13-18)16-11-12-16/h4-10,13,16,20H,3,11-12,14-15H2,1-2H3,(H,26,28). The van der Waals surface area contributed by atoms with Crippen molar-refractivity contribution in [1.82, 2.24) is 10.2 Å². The fraction of sp³-hybridized carbons (Fsp3) is 0.417. The number of rotatable bonds is 7. The highest BCUT2D eigenvalue weighted by atomic mass is 35.5. The van der Waals surface area contributed by atoms with Gasteiger partial charge in [0.05, 0.1) is 10.6 Å². The molecule has 30 heavy (non-hydrogen) atoms. The summed E-state index contributed by atoms with van der Waals surface area (Å²) in [5.74, 6) is 0.932. The summed E-state index contributed by atoms with van der Waals surface area (Å²) in [4.78, 5) is 27.4. The molecule has 4 rings (SSSR count). The molecule has 1 saturated heterocycles. The third-order valence-corrected chi connectivity index (χ3v) is 6.06. The predicted octanol–water partition coefficient (Wildman–Crippen LogP) is 4.41. The smallest absolute Gasteiger partial charge is 0.261 e. The van der Waals surface area contributed by atoms with Crippen molar-refractivity contribution in [2.24, 2.45) is 0 Å². The van der Waals surface area contributed by atoms with Crippen LogP contribution in [0.15, 0.2) is 48.5 Å². The maximum absolute atomic E-state index is 12.8. The molecule has 1 aliphatic carbocycles. The molecule has 2 aromatic carbocycles. The number of carbonyl (C=O) groups is 2. The maximum atomic E-state index is 12.8.